The molecular weight excluding hydrogens is 757 g/mol. The van der Waals surface area contributed by atoms with Crippen LogP contribution in [0.2, 0.25) is 0 Å². The van der Waals surface area contributed by atoms with Crippen LogP contribution < -0.4 is 0 Å². The highest BCUT2D eigenvalue weighted by Crippen LogP contribution is 2.16. The highest BCUT2D eigenvalue weighted by Gasteiger charge is 2.19. The third-order valence-corrected chi connectivity index (χ3v) is 11.9. The van der Waals surface area contributed by atoms with Gasteiger partial charge in [0.25, 0.3) is 0 Å². The first kappa shape index (κ1) is 58.9. The van der Waals surface area contributed by atoms with Gasteiger partial charge in [0, 0.05) is 19.3 Å². The van der Waals surface area contributed by atoms with Crippen LogP contribution in [0.5, 0.6) is 0 Å². The largest absolute Gasteiger partial charge is 0.462 e. The maximum Gasteiger partial charge on any atom is 0.306 e. The number of esters is 3. The van der Waals surface area contributed by atoms with Gasteiger partial charge in [-0.05, 0) is 57.8 Å². The van der Waals surface area contributed by atoms with E-state index in [0.29, 0.717) is 19.3 Å². The monoisotopic (exact) mass is 859 g/mol. The summed E-state index contributed by atoms with van der Waals surface area (Å²) in [6.45, 7) is 6.58. The van der Waals surface area contributed by atoms with Gasteiger partial charge in [-0.2, -0.15) is 0 Å². The number of hydrogen-bond acceptors (Lipinski definition) is 6. The topological polar surface area (TPSA) is 78.9 Å². The first-order chi connectivity index (χ1) is 30.0. The second kappa shape index (κ2) is 50.5. The molecule has 0 spiro atoms. The number of ether oxygens (including phenoxy) is 3. The maximum absolute atomic E-state index is 12.8. The molecule has 0 amide bonds. The molecule has 6 nitrogen and oxygen atoms in total. The molecule has 0 N–H and O–H groups in total. The molecule has 0 saturated heterocycles. The maximum atomic E-state index is 12.8. The van der Waals surface area contributed by atoms with E-state index in [4.69, 9.17) is 14.2 Å². The number of allylic oxidation sites excluding steroid dienone is 4. The Morgan fingerprint density at radius 1 is 0.311 bits per heavy atom. The molecule has 0 heterocycles. The van der Waals surface area contributed by atoms with Crippen molar-refractivity contribution in [2.24, 2.45) is 0 Å². The average Bonchev–Trinajstić information content (AvgIpc) is 3.26. The zero-order valence-electron chi connectivity index (χ0n) is 40.9. The van der Waals surface area contributed by atoms with Crippen molar-refractivity contribution in [2.75, 3.05) is 13.2 Å². The fourth-order valence-corrected chi connectivity index (χ4v) is 7.82. The fourth-order valence-electron chi connectivity index (χ4n) is 7.82. The van der Waals surface area contributed by atoms with Gasteiger partial charge in [-0.15, -0.1) is 0 Å². The Hall–Kier alpha value is -2.11. The number of rotatable bonds is 49. The first-order valence-electron chi connectivity index (χ1n) is 26.8. The van der Waals surface area contributed by atoms with E-state index in [1.807, 2.05) is 0 Å². The molecule has 61 heavy (non-hydrogen) atoms. The van der Waals surface area contributed by atoms with Crippen molar-refractivity contribution in [1.29, 1.82) is 0 Å². The molecule has 0 saturated carbocycles. The van der Waals surface area contributed by atoms with E-state index in [2.05, 4.69) is 45.1 Å². The Kier molecular flexibility index (Phi) is 48.8. The Morgan fingerprint density at radius 2 is 0.557 bits per heavy atom. The van der Waals surface area contributed by atoms with Crippen LogP contribution in [-0.2, 0) is 28.6 Å². The van der Waals surface area contributed by atoms with Crippen molar-refractivity contribution in [2.45, 2.75) is 297 Å². The molecule has 0 rings (SSSR count). The van der Waals surface area contributed by atoms with Crippen LogP contribution in [-0.4, -0.2) is 37.2 Å². The summed E-state index contributed by atoms with van der Waals surface area (Å²) in [6.07, 6.45) is 57.5. The normalized spacial score (nSPS) is 11.7. The molecule has 0 aromatic carbocycles. The first-order valence-corrected chi connectivity index (χ1v) is 26.8. The third-order valence-electron chi connectivity index (χ3n) is 11.9. The Labute approximate surface area is 379 Å². The van der Waals surface area contributed by atoms with Crippen LogP contribution in [0.1, 0.15) is 290 Å². The molecule has 0 atom stereocenters. The van der Waals surface area contributed by atoms with Crippen molar-refractivity contribution in [3.05, 3.63) is 24.3 Å². The summed E-state index contributed by atoms with van der Waals surface area (Å²) in [5, 5.41) is 0. The van der Waals surface area contributed by atoms with Crippen molar-refractivity contribution >= 4 is 17.9 Å². The minimum atomic E-state index is -0.772. The molecule has 0 bridgehead atoms. The third kappa shape index (κ3) is 48.8. The van der Waals surface area contributed by atoms with Crippen LogP contribution in [0.15, 0.2) is 24.3 Å². The summed E-state index contributed by atoms with van der Waals surface area (Å²) in [6, 6.07) is 0. The summed E-state index contributed by atoms with van der Waals surface area (Å²) >= 11 is 0. The zero-order valence-corrected chi connectivity index (χ0v) is 40.9. The van der Waals surface area contributed by atoms with Gasteiger partial charge >= 0.3 is 17.9 Å². The Bertz CT molecular complexity index is 941. The van der Waals surface area contributed by atoms with E-state index < -0.39 is 6.10 Å². The fraction of sp³-hybridized carbons (Fsp3) is 0.873. The molecule has 0 aromatic rings. The zero-order chi connectivity index (χ0) is 44.4. The van der Waals surface area contributed by atoms with Crippen LogP contribution in [0.25, 0.3) is 0 Å². The van der Waals surface area contributed by atoms with E-state index in [0.717, 1.165) is 70.6 Å². The van der Waals surface area contributed by atoms with Gasteiger partial charge in [0.2, 0.25) is 0 Å². The van der Waals surface area contributed by atoms with Crippen LogP contribution in [0, 0.1) is 0 Å². The average molecular weight is 859 g/mol. The highest BCUT2D eigenvalue weighted by atomic mass is 16.6. The van der Waals surface area contributed by atoms with Crippen LogP contribution in [0.3, 0.4) is 0 Å². The lowest BCUT2D eigenvalue weighted by Crippen LogP contribution is -2.30. The molecule has 0 aliphatic carbocycles. The molecule has 0 fully saturated rings. The van der Waals surface area contributed by atoms with E-state index >= 15 is 0 Å². The molecule has 0 radical (unpaired) electrons. The summed E-state index contributed by atoms with van der Waals surface area (Å²) in [4.78, 5) is 37.9. The molecule has 0 aliphatic rings. The van der Waals surface area contributed by atoms with Gasteiger partial charge < -0.3 is 14.2 Å². The Morgan fingerprint density at radius 3 is 0.869 bits per heavy atom. The molecule has 358 valence electrons. The van der Waals surface area contributed by atoms with Crippen molar-refractivity contribution < 1.29 is 28.6 Å². The van der Waals surface area contributed by atoms with Crippen LogP contribution in [0.4, 0.5) is 0 Å². The lowest BCUT2D eigenvalue weighted by molar-refractivity contribution is -0.167. The number of carbonyl (C=O) groups is 3. The summed E-state index contributed by atoms with van der Waals surface area (Å²) in [5.74, 6) is -0.880. The SMILES string of the molecule is CCCC/C=C\CCCCCCCC(=O)OCC(COC(=O)CCCCCCC/C=C\CCCC)OC(=O)CCCCCCCCCCCCCCCCCCCCCCC. The van der Waals surface area contributed by atoms with Crippen molar-refractivity contribution in [3.8, 4) is 0 Å². The van der Waals surface area contributed by atoms with Crippen LogP contribution >= 0.6 is 0 Å². The lowest BCUT2D eigenvalue weighted by Gasteiger charge is -2.18. The second-order valence-electron chi connectivity index (χ2n) is 18.1. The van der Waals surface area contributed by atoms with Gasteiger partial charge in [0.1, 0.15) is 13.2 Å². The van der Waals surface area contributed by atoms with E-state index in [-0.39, 0.29) is 31.1 Å². The predicted molar refractivity (Wildman–Crippen MR) is 261 cm³/mol. The van der Waals surface area contributed by atoms with Gasteiger partial charge in [-0.1, -0.05) is 238 Å². The lowest BCUT2D eigenvalue weighted by atomic mass is 10.0. The summed E-state index contributed by atoms with van der Waals surface area (Å²) < 4.78 is 16.8. The smallest absolute Gasteiger partial charge is 0.306 e. The molecule has 0 unspecified atom stereocenters. The molecule has 0 aromatic heterocycles. The standard InChI is InChI=1S/C55H102O6/c1-4-7-10-13-16-19-22-23-24-25-26-27-28-29-30-31-34-37-40-43-46-49-55(58)61-52(50-59-53(56)47-44-41-38-35-32-20-17-14-11-8-5-2)51-60-54(57)48-45-42-39-36-33-21-18-15-12-9-6-3/h14-15,17-18,52H,4-13,16,19-51H2,1-3H3/b17-14-,18-15-. The van der Waals surface area contributed by atoms with Gasteiger partial charge in [-0.25, -0.2) is 0 Å². The van der Waals surface area contributed by atoms with E-state index in [1.165, 1.54) is 180 Å². The number of unbranched alkanes of at least 4 members (excludes halogenated alkanes) is 34. The highest BCUT2D eigenvalue weighted by molar-refractivity contribution is 5.71. The van der Waals surface area contributed by atoms with Gasteiger partial charge in [0.05, 0.1) is 0 Å². The quantitative estimate of drug-likeness (QED) is 0.0262. The molecule has 6 heteroatoms. The predicted octanol–water partition coefficient (Wildman–Crippen LogP) is 17.5. The van der Waals surface area contributed by atoms with Crippen molar-refractivity contribution in [3.63, 3.8) is 0 Å². The number of carbonyl (C=O) groups excluding carboxylic acids is 3. The van der Waals surface area contributed by atoms with Gasteiger partial charge in [-0.3, -0.25) is 14.4 Å². The summed E-state index contributed by atoms with van der Waals surface area (Å²) in [7, 11) is 0. The van der Waals surface area contributed by atoms with Gasteiger partial charge in [0.15, 0.2) is 6.10 Å². The molecular formula is C55H102O6. The minimum Gasteiger partial charge on any atom is -0.462 e. The van der Waals surface area contributed by atoms with E-state index in [1.54, 1.807) is 0 Å². The molecule has 0 aliphatic heterocycles. The minimum absolute atomic E-state index is 0.0750. The Balaban J connectivity index is 4.24. The summed E-state index contributed by atoms with van der Waals surface area (Å²) in [5.41, 5.74) is 0. The van der Waals surface area contributed by atoms with E-state index in [9.17, 15) is 14.4 Å². The second-order valence-corrected chi connectivity index (χ2v) is 18.1. The van der Waals surface area contributed by atoms with Crippen molar-refractivity contribution in [1.82, 2.24) is 0 Å². The number of hydrogen-bond donors (Lipinski definition) is 0.